The quantitative estimate of drug-likeness (QED) is 0.371. The Morgan fingerprint density at radius 1 is 1.17 bits per heavy atom. The first-order chi connectivity index (χ1) is 17.5. The molecule has 8 heteroatoms. The Morgan fingerprint density at radius 2 is 1.94 bits per heavy atom. The van der Waals surface area contributed by atoms with Gasteiger partial charge in [0.15, 0.2) is 0 Å². The van der Waals surface area contributed by atoms with E-state index in [9.17, 15) is 9.65 Å². The summed E-state index contributed by atoms with van der Waals surface area (Å²) in [5, 5.41) is 20.1. The fourth-order valence-electron chi connectivity index (χ4n) is 5.00. The maximum atomic E-state index is 14.7. The molecule has 1 fully saturated rings. The molecule has 2 N–H and O–H groups in total. The van der Waals surface area contributed by atoms with Crippen molar-refractivity contribution in [3.05, 3.63) is 65.9 Å². The number of benzene rings is 2. The van der Waals surface area contributed by atoms with Crippen LogP contribution in [-0.2, 0) is 6.54 Å². The summed E-state index contributed by atoms with van der Waals surface area (Å²) in [4.78, 5) is 12.0. The highest BCUT2D eigenvalue weighted by molar-refractivity contribution is 6.00. The standard InChI is InChI=1S/C28H28FN7/c1-32-24-6-5-20(11-22(24)14-31)27-26(19-3-4-21(13-30)23(29)12-19)28-25(15-33-27)36(17-34-28)16-18-7-9-35(2)10-8-18/h3-6,11-12,14-15,17-18,31-32H,7-10,16H2,1-2H3. The van der Waals surface area contributed by atoms with E-state index < -0.39 is 5.82 Å². The number of nitrogens with one attached hydrogen (secondary N) is 2. The highest BCUT2D eigenvalue weighted by atomic mass is 19.1. The summed E-state index contributed by atoms with van der Waals surface area (Å²) in [6.07, 6.45) is 7.27. The number of fused-ring (bicyclic) bond motifs is 1. The second-order valence-electron chi connectivity index (χ2n) is 9.36. The third-order valence-corrected chi connectivity index (χ3v) is 7.09. The molecule has 0 aliphatic carbocycles. The predicted molar refractivity (Wildman–Crippen MR) is 141 cm³/mol. The minimum atomic E-state index is -0.575. The molecule has 7 nitrogen and oxygen atoms in total. The van der Waals surface area contributed by atoms with Crippen molar-refractivity contribution in [2.75, 3.05) is 32.5 Å². The van der Waals surface area contributed by atoms with Gasteiger partial charge in [0, 0.05) is 42.2 Å². The number of halogens is 1. The zero-order valence-electron chi connectivity index (χ0n) is 20.4. The zero-order chi connectivity index (χ0) is 25.2. The molecular weight excluding hydrogens is 453 g/mol. The number of likely N-dealkylation sites (tertiary alicyclic amines) is 1. The van der Waals surface area contributed by atoms with Gasteiger partial charge in [-0.15, -0.1) is 0 Å². The van der Waals surface area contributed by atoms with Gasteiger partial charge in [0.1, 0.15) is 17.4 Å². The average Bonchev–Trinajstić information content (AvgIpc) is 3.31. The van der Waals surface area contributed by atoms with E-state index in [1.54, 1.807) is 6.07 Å². The molecule has 1 aliphatic rings. The number of hydrogen-bond acceptors (Lipinski definition) is 6. The lowest BCUT2D eigenvalue weighted by molar-refractivity contribution is 0.206. The van der Waals surface area contributed by atoms with E-state index in [1.807, 2.05) is 43.8 Å². The SMILES string of the molecule is CNc1ccc(-c2ncc3c(ncn3CC3CCN(C)CC3)c2-c2ccc(C#N)c(F)c2)cc1C=N. The average molecular weight is 482 g/mol. The number of hydrogen-bond donors (Lipinski definition) is 2. The number of imidazole rings is 1. The van der Waals surface area contributed by atoms with Gasteiger partial charge < -0.3 is 20.2 Å². The van der Waals surface area contributed by atoms with Gasteiger partial charge in [-0.2, -0.15) is 5.26 Å². The first-order valence-corrected chi connectivity index (χ1v) is 12.1. The van der Waals surface area contributed by atoms with Crippen molar-refractivity contribution in [1.29, 1.82) is 10.7 Å². The second kappa shape index (κ2) is 9.88. The van der Waals surface area contributed by atoms with E-state index in [0.717, 1.165) is 60.3 Å². The Morgan fingerprint density at radius 3 is 2.64 bits per heavy atom. The van der Waals surface area contributed by atoms with Crippen LogP contribution in [0.1, 0.15) is 24.0 Å². The minimum Gasteiger partial charge on any atom is -0.388 e. The van der Waals surface area contributed by atoms with Crippen LogP contribution in [0.2, 0.25) is 0 Å². The van der Waals surface area contributed by atoms with Crippen molar-refractivity contribution in [3.63, 3.8) is 0 Å². The lowest BCUT2D eigenvalue weighted by atomic mass is 9.95. The monoisotopic (exact) mass is 481 g/mol. The Kier molecular flexibility index (Phi) is 6.49. The van der Waals surface area contributed by atoms with Gasteiger partial charge in [-0.3, -0.25) is 4.98 Å². The molecule has 0 amide bonds. The molecule has 36 heavy (non-hydrogen) atoms. The summed E-state index contributed by atoms with van der Waals surface area (Å²) in [5.74, 6) is -0.00672. The highest BCUT2D eigenvalue weighted by Crippen LogP contribution is 2.38. The van der Waals surface area contributed by atoms with Gasteiger partial charge in [-0.25, -0.2) is 9.37 Å². The molecule has 0 saturated carbocycles. The number of anilines is 1. The molecule has 0 radical (unpaired) electrons. The van der Waals surface area contributed by atoms with Crippen LogP contribution >= 0.6 is 0 Å². The second-order valence-corrected chi connectivity index (χ2v) is 9.36. The Bertz CT molecular complexity index is 1480. The van der Waals surface area contributed by atoms with Gasteiger partial charge in [-0.05, 0) is 68.7 Å². The third kappa shape index (κ3) is 4.34. The summed E-state index contributed by atoms with van der Waals surface area (Å²) in [7, 11) is 3.97. The molecule has 2 aromatic carbocycles. The molecule has 3 heterocycles. The fraction of sp³-hybridized carbons (Fsp3) is 0.286. The molecule has 1 aliphatic heterocycles. The molecule has 182 valence electrons. The molecule has 0 bridgehead atoms. The van der Waals surface area contributed by atoms with E-state index in [-0.39, 0.29) is 5.56 Å². The van der Waals surface area contributed by atoms with E-state index in [4.69, 9.17) is 15.4 Å². The Labute approximate surface area is 209 Å². The van der Waals surface area contributed by atoms with Gasteiger partial charge in [0.05, 0.1) is 29.3 Å². The topological polar surface area (TPSA) is 93.6 Å². The van der Waals surface area contributed by atoms with Gasteiger partial charge in [0.2, 0.25) is 0 Å². The normalized spacial score (nSPS) is 14.6. The van der Waals surface area contributed by atoms with E-state index >= 15 is 0 Å². The van der Waals surface area contributed by atoms with Crippen LogP contribution in [0.25, 0.3) is 33.4 Å². The summed E-state index contributed by atoms with van der Waals surface area (Å²) in [6, 6.07) is 12.3. The van der Waals surface area contributed by atoms with Crippen molar-refractivity contribution >= 4 is 22.9 Å². The number of nitriles is 1. The first kappa shape index (κ1) is 23.6. The van der Waals surface area contributed by atoms with Crippen LogP contribution in [0.3, 0.4) is 0 Å². The molecular formula is C28H28FN7. The maximum absolute atomic E-state index is 14.7. The highest BCUT2D eigenvalue weighted by Gasteiger charge is 2.22. The van der Waals surface area contributed by atoms with Crippen LogP contribution in [-0.4, -0.2) is 52.8 Å². The van der Waals surface area contributed by atoms with Crippen molar-refractivity contribution in [1.82, 2.24) is 19.4 Å². The summed E-state index contributed by atoms with van der Waals surface area (Å²) < 4.78 is 16.9. The number of nitrogens with zero attached hydrogens (tertiary/aromatic N) is 5. The molecule has 5 rings (SSSR count). The molecule has 0 unspecified atom stereocenters. The van der Waals surface area contributed by atoms with Gasteiger partial charge in [0.25, 0.3) is 0 Å². The van der Waals surface area contributed by atoms with E-state index in [0.29, 0.717) is 22.7 Å². The summed E-state index contributed by atoms with van der Waals surface area (Å²) >= 11 is 0. The van der Waals surface area contributed by atoms with Crippen molar-refractivity contribution in [2.45, 2.75) is 19.4 Å². The predicted octanol–water partition coefficient (Wildman–Crippen LogP) is 5.16. The summed E-state index contributed by atoms with van der Waals surface area (Å²) in [6.45, 7) is 3.04. The van der Waals surface area contributed by atoms with Crippen LogP contribution in [0, 0.1) is 28.5 Å². The lowest BCUT2D eigenvalue weighted by Crippen LogP contribution is -2.31. The molecule has 1 saturated heterocycles. The smallest absolute Gasteiger partial charge is 0.141 e. The molecule has 2 aromatic heterocycles. The molecule has 0 spiro atoms. The van der Waals surface area contributed by atoms with Crippen molar-refractivity contribution in [2.24, 2.45) is 5.92 Å². The number of aromatic nitrogens is 3. The van der Waals surface area contributed by atoms with Crippen LogP contribution in [0.5, 0.6) is 0 Å². The summed E-state index contributed by atoms with van der Waals surface area (Å²) in [5.41, 5.74) is 5.98. The largest absolute Gasteiger partial charge is 0.388 e. The number of rotatable bonds is 6. The maximum Gasteiger partial charge on any atom is 0.141 e. The lowest BCUT2D eigenvalue weighted by Gasteiger charge is -2.29. The van der Waals surface area contributed by atoms with E-state index in [1.165, 1.54) is 18.3 Å². The Hall–Kier alpha value is -4.09. The fourth-order valence-corrected chi connectivity index (χ4v) is 5.00. The van der Waals surface area contributed by atoms with Gasteiger partial charge >= 0.3 is 0 Å². The zero-order valence-corrected chi connectivity index (χ0v) is 20.4. The molecule has 4 aromatic rings. The van der Waals surface area contributed by atoms with Crippen LogP contribution in [0.4, 0.5) is 10.1 Å². The van der Waals surface area contributed by atoms with Crippen molar-refractivity contribution < 1.29 is 4.39 Å². The first-order valence-electron chi connectivity index (χ1n) is 12.1. The van der Waals surface area contributed by atoms with Crippen molar-refractivity contribution in [3.8, 4) is 28.5 Å². The number of pyridine rings is 1. The van der Waals surface area contributed by atoms with Crippen LogP contribution < -0.4 is 5.32 Å². The minimum absolute atomic E-state index is 0.00213. The Balaban J connectivity index is 1.67. The molecule has 0 atom stereocenters. The van der Waals surface area contributed by atoms with E-state index in [2.05, 4.69) is 21.8 Å². The van der Waals surface area contributed by atoms with Crippen LogP contribution in [0.15, 0.2) is 48.9 Å². The number of piperidine rings is 1. The third-order valence-electron chi connectivity index (χ3n) is 7.09. The van der Waals surface area contributed by atoms with Gasteiger partial charge in [-0.1, -0.05) is 12.1 Å².